The molecule has 7 heteroatoms. The number of fused-ring (bicyclic) bond motifs is 1. The van der Waals surface area contributed by atoms with Crippen molar-refractivity contribution in [2.45, 2.75) is 0 Å². The monoisotopic (exact) mass is 347 g/mol. The molecule has 4 rings (SSSR count). The van der Waals surface area contributed by atoms with E-state index in [0.29, 0.717) is 11.6 Å². The molecule has 4 aromatic rings. The molecule has 2 N–H and O–H groups in total. The molecule has 0 aliphatic heterocycles. The van der Waals surface area contributed by atoms with Crippen LogP contribution in [0.5, 0.6) is 11.5 Å². The number of ether oxygens (including phenoxy) is 2. The number of H-pyrrole nitrogens is 2. The van der Waals surface area contributed by atoms with Crippen molar-refractivity contribution >= 4 is 23.2 Å². The first-order valence-electron chi connectivity index (χ1n) is 8.01. The molecule has 3 aromatic heterocycles. The van der Waals surface area contributed by atoms with Crippen LogP contribution in [-0.2, 0) is 0 Å². The van der Waals surface area contributed by atoms with Gasteiger partial charge >= 0.3 is 0 Å². The molecule has 0 atom stereocenters. The number of imidazole rings is 1. The Balaban J connectivity index is 1.67. The Morgan fingerprint density at radius 3 is 2.69 bits per heavy atom. The van der Waals surface area contributed by atoms with Gasteiger partial charge in [-0.25, -0.2) is 4.98 Å². The summed E-state index contributed by atoms with van der Waals surface area (Å²) < 4.78 is 10.5. The summed E-state index contributed by atoms with van der Waals surface area (Å²) in [4.78, 5) is 12.1. The first-order valence-corrected chi connectivity index (χ1v) is 8.01. The zero-order valence-corrected chi connectivity index (χ0v) is 14.4. The van der Waals surface area contributed by atoms with E-state index in [4.69, 9.17) is 9.47 Å². The average Bonchev–Trinajstić information content (AvgIpc) is 3.32. The molecule has 0 radical (unpaired) electrons. The predicted molar refractivity (Wildman–Crippen MR) is 99.9 cm³/mol. The van der Waals surface area contributed by atoms with Gasteiger partial charge in [0.2, 0.25) is 0 Å². The molecule has 1 aromatic carbocycles. The maximum absolute atomic E-state index is 5.26. The number of hydrogen-bond acceptors (Lipinski definition) is 5. The van der Waals surface area contributed by atoms with E-state index < -0.39 is 0 Å². The standard InChI is InChI=1S/C19H17N5O2/c1-25-14-5-6-16-17(8-14)23-19(22-16)18-13(10-21-24-18)4-3-12-7-15(26-2)11-20-9-12/h3-11H,1-2H3,(H,21,24)(H,22,23)/b4-3+. The van der Waals surface area contributed by atoms with Gasteiger partial charge in [-0.1, -0.05) is 12.2 Å². The van der Waals surface area contributed by atoms with Crippen molar-refractivity contribution < 1.29 is 9.47 Å². The Bertz CT molecular complexity index is 1080. The number of hydrogen-bond donors (Lipinski definition) is 2. The average molecular weight is 347 g/mol. The summed E-state index contributed by atoms with van der Waals surface area (Å²) in [6, 6.07) is 7.63. The Labute approximate surface area is 149 Å². The molecule has 0 fully saturated rings. The van der Waals surface area contributed by atoms with Crippen molar-refractivity contribution in [1.29, 1.82) is 0 Å². The number of benzene rings is 1. The third kappa shape index (κ3) is 3.02. The molecule has 0 aliphatic carbocycles. The van der Waals surface area contributed by atoms with Gasteiger partial charge in [-0.3, -0.25) is 10.1 Å². The molecule has 7 nitrogen and oxygen atoms in total. The number of aromatic nitrogens is 5. The van der Waals surface area contributed by atoms with Gasteiger partial charge in [-0.2, -0.15) is 5.10 Å². The third-order valence-corrected chi connectivity index (χ3v) is 4.02. The second kappa shape index (κ2) is 6.72. The molecule has 0 spiro atoms. The number of aromatic amines is 2. The molecule has 3 heterocycles. The smallest absolute Gasteiger partial charge is 0.157 e. The molecule has 0 unspecified atom stereocenters. The van der Waals surface area contributed by atoms with Crippen molar-refractivity contribution in [3.05, 3.63) is 54.0 Å². The van der Waals surface area contributed by atoms with Gasteiger partial charge in [0.25, 0.3) is 0 Å². The molecular formula is C19H17N5O2. The van der Waals surface area contributed by atoms with E-state index in [1.807, 2.05) is 36.4 Å². The highest BCUT2D eigenvalue weighted by molar-refractivity contribution is 5.83. The van der Waals surface area contributed by atoms with Crippen LogP contribution in [0, 0.1) is 0 Å². The van der Waals surface area contributed by atoms with Crippen LogP contribution in [0.25, 0.3) is 34.7 Å². The second-order valence-electron chi connectivity index (χ2n) is 5.66. The van der Waals surface area contributed by atoms with Crippen molar-refractivity contribution in [3.8, 4) is 23.0 Å². The summed E-state index contributed by atoms with van der Waals surface area (Å²) in [7, 11) is 3.26. The highest BCUT2D eigenvalue weighted by Gasteiger charge is 2.11. The zero-order chi connectivity index (χ0) is 17.9. The molecule has 0 saturated carbocycles. The molecule has 0 aliphatic rings. The van der Waals surface area contributed by atoms with Gasteiger partial charge < -0.3 is 14.5 Å². The summed E-state index contributed by atoms with van der Waals surface area (Å²) in [5, 5.41) is 7.15. The summed E-state index contributed by atoms with van der Waals surface area (Å²) in [6.07, 6.45) is 9.11. The van der Waals surface area contributed by atoms with Gasteiger partial charge in [-0.15, -0.1) is 0 Å². The SMILES string of the molecule is COc1cncc(/C=C/c2cn[nH]c2-c2nc3ccc(OC)cc3[nH]2)c1. The minimum Gasteiger partial charge on any atom is -0.497 e. The first-order chi connectivity index (χ1) is 12.8. The summed E-state index contributed by atoms with van der Waals surface area (Å²) in [5.41, 5.74) is 4.43. The van der Waals surface area contributed by atoms with Crippen LogP contribution in [0.2, 0.25) is 0 Å². The number of rotatable bonds is 5. The fourth-order valence-corrected chi connectivity index (χ4v) is 2.67. The van der Waals surface area contributed by atoms with Gasteiger partial charge in [0.15, 0.2) is 5.82 Å². The lowest BCUT2D eigenvalue weighted by Gasteiger charge is -1.99. The zero-order valence-electron chi connectivity index (χ0n) is 14.4. The highest BCUT2D eigenvalue weighted by atomic mass is 16.5. The van der Waals surface area contributed by atoms with Crippen LogP contribution >= 0.6 is 0 Å². The van der Waals surface area contributed by atoms with Crippen LogP contribution in [0.15, 0.2) is 42.9 Å². The number of nitrogens with one attached hydrogen (secondary N) is 2. The first kappa shape index (κ1) is 15.9. The maximum Gasteiger partial charge on any atom is 0.157 e. The normalized spacial score (nSPS) is 11.3. The fourth-order valence-electron chi connectivity index (χ4n) is 2.67. The van der Waals surface area contributed by atoms with Gasteiger partial charge in [0.1, 0.15) is 17.2 Å². The van der Waals surface area contributed by atoms with Crippen LogP contribution in [-0.4, -0.2) is 39.4 Å². The quantitative estimate of drug-likeness (QED) is 0.576. The van der Waals surface area contributed by atoms with Crippen molar-refractivity contribution in [2.75, 3.05) is 14.2 Å². The van der Waals surface area contributed by atoms with Crippen molar-refractivity contribution in [3.63, 3.8) is 0 Å². The van der Waals surface area contributed by atoms with Crippen LogP contribution in [0.1, 0.15) is 11.1 Å². The molecule has 0 amide bonds. The minimum absolute atomic E-state index is 0.714. The minimum atomic E-state index is 0.714. The molecule has 0 saturated heterocycles. The van der Waals surface area contributed by atoms with E-state index in [1.165, 1.54) is 0 Å². The lowest BCUT2D eigenvalue weighted by Crippen LogP contribution is -1.85. The topological polar surface area (TPSA) is 88.7 Å². The van der Waals surface area contributed by atoms with Crippen LogP contribution in [0.4, 0.5) is 0 Å². The lowest BCUT2D eigenvalue weighted by molar-refractivity contribution is 0.413. The van der Waals surface area contributed by atoms with E-state index in [1.54, 1.807) is 32.8 Å². The van der Waals surface area contributed by atoms with Gasteiger partial charge in [0.05, 0.1) is 37.6 Å². The summed E-state index contributed by atoms with van der Waals surface area (Å²) in [5.74, 6) is 2.21. The van der Waals surface area contributed by atoms with Crippen molar-refractivity contribution in [2.24, 2.45) is 0 Å². The Kier molecular flexibility index (Phi) is 4.10. The maximum atomic E-state index is 5.26. The lowest BCUT2D eigenvalue weighted by atomic mass is 10.2. The largest absolute Gasteiger partial charge is 0.497 e. The van der Waals surface area contributed by atoms with Crippen molar-refractivity contribution in [1.82, 2.24) is 25.1 Å². The molecule has 0 bridgehead atoms. The summed E-state index contributed by atoms with van der Waals surface area (Å²) in [6.45, 7) is 0. The third-order valence-electron chi connectivity index (χ3n) is 4.02. The number of methoxy groups -OCH3 is 2. The van der Waals surface area contributed by atoms with E-state index in [0.717, 1.165) is 33.6 Å². The Morgan fingerprint density at radius 1 is 0.962 bits per heavy atom. The second-order valence-corrected chi connectivity index (χ2v) is 5.66. The van der Waals surface area contributed by atoms with Gasteiger partial charge in [0, 0.05) is 17.8 Å². The Morgan fingerprint density at radius 2 is 1.85 bits per heavy atom. The van der Waals surface area contributed by atoms with Crippen LogP contribution in [0.3, 0.4) is 0 Å². The highest BCUT2D eigenvalue weighted by Crippen LogP contribution is 2.25. The molecule has 130 valence electrons. The van der Waals surface area contributed by atoms with E-state index >= 15 is 0 Å². The fraction of sp³-hybridized carbons (Fsp3) is 0.105. The van der Waals surface area contributed by atoms with E-state index in [-0.39, 0.29) is 0 Å². The van der Waals surface area contributed by atoms with E-state index in [9.17, 15) is 0 Å². The molecule has 26 heavy (non-hydrogen) atoms. The molecular weight excluding hydrogens is 330 g/mol. The number of pyridine rings is 1. The Hall–Kier alpha value is -3.61. The number of nitrogens with zero attached hydrogens (tertiary/aromatic N) is 3. The van der Waals surface area contributed by atoms with E-state index in [2.05, 4.69) is 25.1 Å². The van der Waals surface area contributed by atoms with Crippen LogP contribution < -0.4 is 9.47 Å². The summed E-state index contributed by atoms with van der Waals surface area (Å²) >= 11 is 0. The van der Waals surface area contributed by atoms with Gasteiger partial charge in [-0.05, 0) is 23.8 Å². The predicted octanol–water partition coefficient (Wildman–Crippen LogP) is 3.54.